The molecule has 0 bridgehead atoms. The highest BCUT2D eigenvalue weighted by molar-refractivity contribution is 5.86. The fourth-order valence-corrected chi connectivity index (χ4v) is 2.38. The van der Waals surface area contributed by atoms with Crippen LogP contribution in [0.2, 0.25) is 0 Å². The molecule has 1 N–H and O–H groups in total. The van der Waals surface area contributed by atoms with Gasteiger partial charge in [-0.2, -0.15) is 0 Å². The van der Waals surface area contributed by atoms with Crippen LogP contribution in [0.3, 0.4) is 0 Å². The molecule has 2 aromatic carbocycles. The zero-order chi connectivity index (χ0) is 16.4. The lowest BCUT2D eigenvalue weighted by atomic mass is 10.1. The Morgan fingerprint density at radius 3 is 2.78 bits per heavy atom. The lowest BCUT2D eigenvalue weighted by Crippen LogP contribution is -2.28. The molecule has 0 aliphatic heterocycles. The number of nitrogens with one attached hydrogen (secondary N) is 1. The fraction of sp³-hybridized carbons (Fsp3) is 0.176. The Balaban J connectivity index is 1.70. The van der Waals surface area contributed by atoms with Crippen molar-refractivity contribution in [3.05, 3.63) is 65.4 Å². The van der Waals surface area contributed by atoms with E-state index in [0.717, 1.165) is 17.5 Å². The van der Waals surface area contributed by atoms with Gasteiger partial charge in [-0.05, 0) is 36.8 Å². The lowest BCUT2D eigenvalue weighted by Gasteiger charge is -2.14. The summed E-state index contributed by atoms with van der Waals surface area (Å²) in [6, 6.07) is 10.4. The van der Waals surface area contributed by atoms with Crippen LogP contribution in [0.5, 0.6) is 0 Å². The highest BCUT2D eigenvalue weighted by atomic mass is 19.2. The predicted molar refractivity (Wildman–Crippen MR) is 80.6 cm³/mol. The summed E-state index contributed by atoms with van der Waals surface area (Å²) in [7, 11) is 0. The summed E-state index contributed by atoms with van der Waals surface area (Å²) >= 11 is 0. The molecule has 1 heterocycles. The molecule has 4 nitrogen and oxygen atoms in total. The number of carbonyl (C=O) groups is 1. The molecule has 1 atom stereocenters. The molecule has 0 aliphatic rings. The summed E-state index contributed by atoms with van der Waals surface area (Å²) in [6.45, 7) is 1.70. The van der Waals surface area contributed by atoms with Crippen LogP contribution in [0.15, 0.2) is 47.0 Å². The molecule has 1 amide bonds. The molecule has 1 unspecified atom stereocenters. The molecular formula is C17H14F2N2O2. The van der Waals surface area contributed by atoms with E-state index in [9.17, 15) is 13.6 Å². The van der Waals surface area contributed by atoms with E-state index in [4.69, 9.17) is 4.52 Å². The number of rotatable bonds is 4. The summed E-state index contributed by atoms with van der Waals surface area (Å²) in [4.78, 5) is 12.1. The minimum atomic E-state index is -0.939. The minimum Gasteiger partial charge on any atom is -0.356 e. The van der Waals surface area contributed by atoms with E-state index in [1.165, 1.54) is 6.07 Å². The average Bonchev–Trinajstić information content (AvgIpc) is 2.93. The van der Waals surface area contributed by atoms with Gasteiger partial charge in [-0.3, -0.25) is 4.79 Å². The molecule has 3 rings (SSSR count). The number of para-hydroxylation sites is 1. The van der Waals surface area contributed by atoms with E-state index in [0.29, 0.717) is 16.8 Å². The first kappa shape index (κ1) is 15.1. The van der Waals surface area contributed by atoms with Gasteiger partial charge in [0.15, 0.2) is 17.2 Å². The lowest BCUT2D eigenvalue weighted by molar-refractivity contribution is -0.121. The van der Waals surface area contributed by atoms with Crippen molar-refractivity contribution >= 4 is 16.9 Å². The van der Waals surface area contributed by atoms with Gasteiger partial charge >= 0.3 is 0 Å². The van der Waals surface area contributed by atoms with E-state index in [1.54, 1.807) is 13.0 Å². The van der Waals surface area contributed by atoms with Gasteiger partial charge in [0, 0.05) is 5.39 Å². The van der Waals surface area contributed by atoms with Crippen LogP contribution in [0.1, 0.15) is 24.2 Å². The third kappa shape index (κ3) is 3.21. The second-order valence-electron chi connectivity index (χ2n) is 5.26. The Hall–Kier alpha value is -2.76. The molecule has 6 heteroatoms. The maximum absolute atomic E-state index is 13.2. The quantitative estimate of drug-likeness (QED) is 0.801. The largest absolute Gasteiger partial charge is 0.356 e. The van der Waals surface area contributed by atoms with Crippen LogP contribution < -0.4 is 5.32 Å². The second-order valence-corrected chi connectivity index (χ2v) is 5.26. The third-order valence-corrected chi connectivity index (χ3v) is 3.60. The van der Waals surface area contributed by atoms with Crippen molar-refractivity contribution in [3.8, 4) is 0 Å². The number of hydrogen-bond acceptors (Lipinski definition) is 3. The van der Waals surface area contributed by atoms with Crippen molar-refractivity contribution < 1.29 is 18.1 Å². The molecule has 0 fully saturated rings. The van der Waals surface area contributed by atoms with Crippen LogP contribution in [0, 0.1) is 11.6 Å². The number of hydrogen-bond donors (Lipinski definition) is 1. The molecule has 0 saturated heterocycles. The number of aromatic nitrogens is 1. The highest BCUT2D eigenvalue weighted by Crippen LogP contribution is 2.19. The van der Waals surface area contributed by atoms with Gasteiger partial charge in [0.25, 0.3) is 0 Å². The first-order chi connectivity index (χ1) is 11.0. The van der Waals surface area contributed by atoms with Crippen molar-refractivity contribution in [1.29, 1.82) is 0 Å². The van der Waals surface area contributed by atoms with Crippen LogP contribution in [-0.4, -0.2) is 11.1 Å². The van der Waals surface area contributed by atoms with Crippen molar-refractivity contribution in [2.45, 2.75) is 19.4 Å². The zero-order valence-corrected chi connectivity index (χ0v) is 12.3. The molecule has 3 aromatic rings. The topological polar surface area (TPSA) is 55.1 Å². The van der Waals surface area contributed by atoms with Crippen molar-refractivity contribution in [1.82, 2.24) is 10.5 Å². The summed E-state index contributed by atoms with van der Waals surface area (Å²) in [6.07, 6.45) is 0.0467. The minimum absolute atomic E-state index is 0.0467. The highest BCUT2D eigenvalue weighted by Gasteiger charge is 2.15. The molecule has 23 heavy (non-hydrogen) atoms. The van der Waals surface area contributed by atoms with Crippen molar-refractivity contribution in [2.75, 3.05) is 0 Å². The SMILES string of the molecule is CC(NC(=O)Cc1noc2ccccc12)c1ccc(F)c(F)c1. The Bertz CT molecular complexity index is 861. The first-order valence-electron chi connectivity index (χ1n) is 7.12. The Labute approximate surface area is 131 Å². The summed E-state index contributed by atoms with van der Waals surface area (Å²) in [5.74, 6) is -2.13. The summed E-state index contributed by atoms with van der Waals surface area (Å²) < 4.78 is 31.3. The maximum Gasteiger partial charge on any atom is 0.226 e. The average molecular weight is 316 g/mol. The van der Waals surface area contributed by atoms with Crippen LogP contribution in [0.4, 0.5) is 8.78 Å². The Morgan fingerprint density at radius 2 is 2.00 bits per heavy atom. The molecule has 1 aromatic heterocycles. The van der Waals surface area contributed by atoms with Crippen molar-refractivity contribution in [3.63, 3.8) is 0 Å². The van der Waals surface area contributed by atoms with E-state index in [2.05, 4.69) is 10.5 Å². The van der Waals surface area contributed by atoms with Crippen LogP contribution in [0.25, 0.3) is 11.0 Å². The third-order valence-electron chi connectivity index (χ3n) is 3.60. The zero-order valence-electron chi connectivity index (χ0n) is 12.3. The molecule has 0 spiro atoms. The Morgan fingerprint density at radius 1 is 1.22 bits per heavy atom. The van der Waals surface area contributed by atoms with E-state index in [-0.39, 0.29) is 12.3 Å². The number of carbonyl (C=O) groups excluding carboxylic acids is 1. The molecular weight excluding hydrogens is 302 g/mol. The van der Waals surface area contributed by atoms with Gasteiger partial charge < -0.3 is 9.84 Å². The van der Waals surface area contributed by atoms with E-state index < -0.39 is 17.7 Å². The van der Waals surface area contributed by atoms with E-state index >= 15 is 0 Å². The van der Waals surface area contributed by atoms with Gasteiger partial charge in [0.05, 0.1) is 12.5 Å². The van der Waals surface area contributed by atoms with Gasteiger partial charge in [0.2, 0.25) is 5.91 Å². The summed E-state index contributed by atoms with van der Waals surface area (Å²) in [5.41, 5.74) is 1.64. The first-order valence-corrected chi connectivity index (χ1v) is 7.12. The molecule has 0 saturated carbocycles. The maximum atomic E-state index is 13.2. The number of nitrogens with zero attached hydrogens (tertiary/aromatic N) is 1. The van der Waals surface area contributed by atoms with Crippen LogP contribution in [-0.2, 0) is 11.2 Å². The van der Waals surface area contributed by atoms with Gasteiger partial charge in [-0.1, -0.05) is 23.4 Å². The molecule has 0 aliphatic carbocycles. The number of amides is 1. The molecule has 0 radical (unpaired) electrons. The monoisotopic (exact) mass is 316 g/mol. The second kappa shape index (κ2) is 6.16. The predicted octanol–water partition coefficient (Wildman–Crippen LogP) is 3.53. The molecule has 118 valence electrons. The number of halogens is 2. The fourth-order valence-electron chi connectivity index (χ4n) is 2.38. The van der Waals surface area contributed by atoms with E-state index in [1.807, 2.05) is 18.2 Å². The van der Waals surface area contributed by atoms with Crippen molar-refractivity contribution in [2.24, 2.45) is 0 Å². The summed E-state index contributed by atoms with van der Waals surface area (Å²) in [5, 5.41) is 7.41. The van der Waals surface area contributed by atoms with Crippen LogP contribution >= 0.6 is 0 Å². The van der Waals surface area contributed by atoms with Gasteiger partial charge in [-0.15, -0.1) is 0 Å². The normalized spacial score (nSPS) is 12.3. The standard InChI is InChI=1S/C17H14F2N2O2/c1-10(11-6-7-13(18)14(19)8-11)20-17(22)9-15-12-4-2-3-5-16(12)23-21-15/h2-8,10H,9H2,1H3,(H,20,22). The van der Waals surface area contributed by atoms with Gasteiger partial charge in [-0.25, -0.2) is 8.78 Å². The Kier molecular flexibility index (Phi) is 4.06. The van der Waals surface area contributed by atoms with Gasteiger partial charge in [0.1, 0.15) is 5.69 Å². The number of benzene rings is 2. The number of fused-ring (bicyclic) bond motifs is 1. The smallest absolute Gasteiger partial charge is 0.226 e.